The smallest absolute Gasteiger partial charge is 0.410 e. The van der Waals surface area contributed by atoms with Gasteiger partial charge in [0.15, 0.2) is 5.82 Å². The van der Waals surface area contributed by atoms with E-state index in [0.717, 1.165) is 67.5 Å². The highest BCUT2D eigenvalue weighted by molar-refractivity contribution is 6.05. The minimum Gasteiger partial charge on any atom is -0.446 e. The Morgan fingerprint density at radius 2 is 1.70 bits per heavy atom. The normalized spacial score (nSPS) is 24.2. The number of nitrogens with zero attached hydrogens (tertiary/aromatic N) is 4. The quantitative estimate of drug-likeness (QED) is 0.288. The molecule has 3 N–H and O–H groups in total. The molecule has 4 aliphatic heterocycles. The fourth-order valence-electron chi connectivity index (χ4n) is 8.52. The Kier molecular flexibility index (Phi) is 9.67. The maximum atomic E-state index is 13.4. The van der Waals surface area contributed by atoms with Crippen molar-refractivity contribution in [3.05, 3.63) is 82.0 Å². The molecule has 14 nitrogen and oxygen atoms in total. The first-order valence-electron chi connectivity index (χ1n) is 19.1. The number of fused-ring (bicyclic) bond motifs is 1. The SMILES string of the molecule is C[C@H]1CCN1C(=O)O[C@@H]1CC[C@H](c2cc(NC(=O)Cc3ccc(C(=O)N4CCC(c5ccc6c(c5)CN(C5CCC(=O)NC5=O)C6=O)CC4)cc3)n[nH]2)C1. The average molecular weight is 736 g/mol. The molecule has 6 amide bonds. The molecule has 0 bridgehead atoms. The molecule has 0 radical (unpaired) electrons. The molecule has 2 aromatic carbocycles. The second kappa shape index (κ2) is 14.7. The molecule has 1 aliphatic carbocycles. The van der Waals surface area contributed by atoms with Crippen molar-refractivity contribution in [2.24, 2.45) is 0 Å². The van der Waals surface area contributed by atoms with Crippen LogP contribution >= 0.6 is 0 Å². The number of anilines is 1. The number of benzene rings is 2. The maximum absolute atomic E-state index is 13.4. The number of carbonyl (C=O) groups is 6. The summed E-state index contributed by atoms with van der Waals surface area (Å²) in [6.45, 7) is 4.32. The predicted octanol–water partition coefficient (Wildman–Crippen LogP) is 4.24. The fraction of sp³-hybridized carbons (Fsp3) is 0.475. The number of amides is 6. The maximum Gasteiger partial charge on any atom is 0.410 e. The number of piperidine rings is 2. The molecule has 282 valence electrons. The summed E-state index contributed by atoms with van der Waals surface area (Å²) in [6.07, 6.45) is 5.32. The number of imide groups is 1. The molecule has 1 saturated carbocycles. The van der Waals surface area contributed by atoms with Gasteiger partial charge in [-0.05, 0) is 92.7 Å². The van der Waals surface area contributed by atoms with Crippen molar-refractivity contribution in [1.29, 1.82) is 0 Å². The van der Waals surface area contributed by atoms with E-state index >= 15 is 0 Å². The first-order valence-corrected chi connectivity index (χ1v) is 19.1. The summed E-state index contributed by atoms with van der Waals surface area (Å²) in [4.78, 5) is 80.9. The predicted molar refractivity (Wildman–Crippen MR) is 195 cm³/mol. The van der Waals surface area contributed by atoms with Crippen LogP contribution in [-0.4, -0.2) is 98.3 Å². The summed E-state index contributed by atoms with van der Waals surface area (Å²) in [5.41, 5.74) is 4.86. The van der Waals surface area contributed by atoms with Gasteiger partial charge in [0.05, 0.1) is 6.42 Å². The minimum absolute atomic E-state index is 0.0491. The molecule has 3 saturated heterocycles. The lowest BCUT2D eigenvalue weighted by atomic mass is 9.87. The average Bonchev–Trinajstić information content (AvgIpc) is 3.90. The summed E-state index contributed by atoms with van der Waals surface area (Å²) < 4.78 is 5.72. The van der Waals surface area contributed by atoms with Crippen LogP contribution in [0.3, 0.4) is 0 Å². The molecule has 14 heteroatoms. The van der Waals surface area contributed by atoms with Gasteiger partial charge in [-0.2, -0.15) is 5.10 Å². The fourth-order valence-corrected chi connectivity index (χ4v) is 8.52. The van der Waals surface area contributed by atoms with E-state index in [1.165, 1.54) is 0 Å². The summed E-state index contributed by atoms with van der Waals surface area (Å²) in [5, 5.41) is 12.5. The van der Waals surface area contributed by atoms with Gasteiger partial charge >= 0.3 is 6.09 Å². The first kappa shape index (κ1) is 35.5. The van der Waals surface area contributed by atoms with Gasteiger partial charge in [0.1, 0.15) is 12.1 Å². The number of aromatic nitrogens is 2. The van der Waals surface area contributed by atoms with Crippen LogP contribution in [0.25, 0.3) is 0 Å². The molecule has 5 heterocycles. The first-order chi connectivity index (χ1) is 26.1. The van der Waals surface area contributed by atoms with Crippen molar-refractivity contribution in [2.75, 3.05) is 25.0 Å². The van der Waals surface area contributed by atoms with Crippen LogP contribution in [0.5, 0.6) is 0 Å². The summed E-state index contributed by atoms with van der Waals surface area (Å²) in [7, 11) is 0. The molecule has 54 heavy (non-hydrogen) atoms. The van der Waals surface area contributed by atoms with E-state index in [1.807, 2.05) is 30.0 Å². The van der Waals surface area contributed by atoms with Crippen LogP contribution < -0.4 is 10.6 Å². The Bertz CT molecular complexity index is 1990. The summed E-state index contributed by atoms with van der Waals surface area (Å²) in [5.74, 6) is -0.305. The molecule has 4 fully saturated rings. The standard InChI is InChI=1S/C40H45N7O7/c1-23-12-17-46(23)40(53)54-30-8-6-28(20-30)32-21-34(44-43-32)41-36(49)18-24-2-4-26(5-3-24)38(51)45-15-13-25(14-16-45)27-7-9-31-29(19-27)22-47(39(31)52)33-10-11-35(48)42-37(33)50/h2-5,7,9,19,21,23,25,28,30,33H,6,8,10-18,20,22H2,1H3,(H,42,48,50)(H2,41,43,44,49)/t23-,28-,30+,33?/m0/s1. The van der Waals surface area contributed by atoms with E-state index in [9.17, 15) is 28.8 Å². The highest BCUT2D eigenvalue weighted by Crippen LogP contribution is 2.37. The number of carbonyl (C=O) groups excluding carboxylic acids is 6. The van der Waals surface area contributed by atoms with E-state index in [4.69, 9.17) is 4.74 Å². The zero-order chi connectivity index (χ0) is 37.5. The number of hydrogen-bond acceptors (Lipinski definition) is 8. The molecule has 4 atom stereocenters. The summed E-state index contributed by atoms with van der Waals surface area (Å²) >= 11 is 0. The number of ether oxygens (including phenoxy) is 1. The third-order valence-corrected chi connectivity index (χ3v) is 11.9. The Morgan fingerprint density at radius 1 is 0.907 bits per heavy atom. The van der Waals surface area contributed by atoms with E-state index in [-0.39, 0.29) is 66.5 Å². The minimum atomic E-state index is -0.641. The van der Waals surface area contributed by atoms with Crippen molar-refractivity contribution in [1.82, 2.24) is 30.2 Å². The van der Waals surface area contributed by atoms with Crippen LogP contribution in [0.4, 0.5) is 10.6 Å². The molecule has 3 aromatic rings. The number of rotatable bonds is 8. The lowest BCUT2D eigenvalue weighted by Crippen LogP contribution is -2.52. The molecule has 1 unspecified atom stereocenters. The lowest BCUT2D eigenvalue weighted by Gasteiger charge is -2.38. The van der Waals surface area contributed by atoms with Crippen molar-refractivity contribution < 1.29 is 33.5 Å². The number of hydrogen-bond donors (Lipinski definition) is 3. The van der Waals surface area contributed by atoms with E-state index in [1.54, 1.807) is 34.1 Å². The van der Waals surface area contributed by atoms with Crippen LogP contribution in [0.15, 0.2) is 48.5 Å². The summed E-state index contributed by atoms with van der Waals surface area (Å²) in [6, 6.07) is 14.5. The third kappa shape index (κ3) is 7.21. The molecular weight excluding hydrogens is 690 g/mol. The van der Waals surface area contributed by atoms with E-state index in [0.29, 0.717) is 43.0 Å². The highest BCUT2D eigenvalue weighted by atomic mass is 16.6. The van der Waals surface area contributed by atoms with Crippen LogP contribution in [0.1, 0.15) is 113 Å². The van der Waals surface area contributed by atoms with E-state index in [2.05, 4.69) is 26.9 Å². The molecule has 1 aromatic heterocycles. The lowest BCUT2D eigenvalue weighted by molar-refractivity contribution is -0.137. The van der Waals surface area contributed by atoms with E-state index < -0.39 is 11.9 Å². The van der Waals surface area contributed by atoms with Crippen LogP contribution in [0.2, 0.25) is 0 Å². The van der Waals surface area contributed by atoms with Gasteiger partial charge in [-0.15, -0.1) is 0 Å². The zero-order valence-corrected chi connectivity index (χ0v) is 30.3. The number of aromatic amines is 1. The van der Waals surface area contributed by atoms with Gasteiger partial charge in [0.25, 0.3) is 11.8 Å². The Labute approximate surface area is 312 Å². The monoisotopic (exact) mass is 735 g/mol. The van der Waals surface area contributed by atoms with Gasteiger partial charge in [-0.1, -0.05) is 24.3 Å². The largest absolute Gasteiger partial charge is 0.446 e. The molecule has 5 aliphatic rings. The highest BCUT2D eigenvalue weighted by Gasteiger charge is 2.40. The number of nitrogens with one attached hydrogen (secondary N) is 3. The van der Waals surface area contributed by atoms with Crippen LogP contribution in [0, 0.1) is 0 Å². The third-order valence-electron chi connectivity index (χ3n) is 11.9. The molecular formula is C40H45N7O7. The van der Waals surface area contributed by atoms with Gasteiger partial charge in [-0.3, -0.25) is 34.4 Å². The van der Waals surface area contributed by atoms with Gasteiger partial charge in [0.2, 0.25) is 17.7 Å². The Balaban J connectivity index is 0.788. The van der Waals surface area contributed by atoms with Crippen molar-refractivity contribution in [3.8, 4) is 0 Å². The Hall–Kier alpha value is -5.53. The topological polar surface area (TPSA) is 174 Å². The molecule has 0 spiro atoms. The number of H-pyrrole nitrogens is 1. The van der Waals surface area contributed by atoms with Crippen molar-refractivity contribution in [3.63, 3.8) is 0 Å². The van der Waals surface area contributed by atoms with Gasteiger partial charge in [-0.25, -0.2) is 4.79 Å². The molecule has 8 rings (SSSR count). The van der Waals surface area contributed by atoms with Crippen LogP contribution in [-0.2, 0) is 32.1 Å². The van der Waals surface area contributed by atoms with Crippen molar-refractivity contribution >= 4 is 41.4 Å². The number of likely N-dealkylation sites (tertiary alicyclic amines) is 2. The second-order valence-corrected chi connectivity index (χ2v) is 15.4. The Morgan fingerprint density at radius 3 is 2.43 bits per heavy atom. The van der Waals surface area contributed by atoms with Crippen molar-refractivity contribution in [2.45, 2.75) is 101 Å². The van der Waals surface area contributed by atoms with Gasteiger partial charge < -0.3 is 24.8 Å². The second-order valence-electron chi connectivity index (χ2n) is 15.4. The zero-order valence-electron chi connectivity index (χ0n) is 30.3. The van der Waals surface area contributed by atoms with Gasteiger partial charge in [0, 0.05) is 67.4 Å².